The predicted octanol–water partition coefficient (Wildman–Crippen LogP) is 2.81. The maximum Gasteiger partial charge on any atom is 0.181 e. The molecule has 0 saturated carbocycles. The normalized spacial score (nSPS) is 10.3. The van der Waals surface area contributed by atoms with E-state index in [1.165, 1.54) is 12.1 Å². The van der Waals surface area contributed by atoms with Crippen LogP contribution in [0.3, 0.4) is 0 Å². The summed E-state index contributed by atoms with van der Waals surface area (Å²) in [6.45, 7) is 0. The number of fused-ring (bicyclic) bond motifs is 1. The molecule has 1 heterocycles. The second-order valence-electron chi connectivity index (χ2n) is 2.87. The summed E-state index contributed by atoms with van der Waals surface area (Å²) in [4.78, 5) is 0. The van der Waals surface area contributed by atoms with E-state index < -0.39 is 0 Å². The van der Waals surface area contributed by atoms with Crippen LogP contribution in [0, 0.1) is 16.5 Å². The zero-order valence-corrected chi connectivity index (χ0v) is 7.94. The number of aromatic hydroxyl groups is 1. The molecular weight excluding hydrogens is 201 g/mol. The van der Waals surface area contributed by atoms with Gasteiger partial charge in [-0.05, 0) is 18.2 Å². The molecule has 0 aliphatic carbocycles. The molecule has 14 heavy (non-hydrogen) atoms. The fourth-order valence-electron chi connectivity index (χ4n) is 1.35. The first-order valence-corrected chi connectivity index (χ1v) is 4.81. The smallest absolute Gasteiger partial charge is 0.181 e. The topological polar surface area (TPSA) is 44.0 Å². The maximum atomic E-state index is 13.3. The van der Waals surface area contributed by atoms with Crippen LogP contribution in [0.5, 0.6) is 5.75 Å². The lowest BCUT2D eigenvalue weighted by molar-refractivity contribution is 0.476. The summed E-state index contributed by atoms with van der Waals surface area (Å²) in [5.74, 6) is 0.0921. The summed E-state index contributed by atoms with van der Waals surface area (Å²) >= 11 is 0.999. The molecule has 1 aromatic heterocycles. The molecule has 2 nitrogen and oxygen atoms in total. The van der Waals surface area contributed by atoms with E-state index in [4.69, 9.17) is 5.26 Å². The Morgan fingerprint density at radius 2 is 2.29 bits per heavy atom. The Hall–Kier alpha value is -1.60. The molecule has 0 bridgehead atoms. The van der Waals surface area contributed by atoms with Crippen molar-refractivity contribution in [1.29, 1.82) is 5.26 Å². The summed E-state index contributed by atoms with van der Waals surface area (Å²) in [7, 11) is 0. The minimum Gasteiger partial charge on any atom is -0.508 e. The van der Waals surface area contributed by atoms with Crippen molar-refractivity contribution in [1.82, 2.24) is 0 Å². The fourth-order valence-corrected chi connectivity index (χ4v) is 2.28. The standard InChI is InChI=1S/C10H6FNOS/c11-10-7(3-4-12)8-5-6(13)1-2-9(8)14-10/h1-2,5,13H,3H2. The molecule has 0 fully saturated rings. The van der Waals surface area contributed by atoms with Gasteiger partial charge in [0.1, 0.15) is 5.75 Å². The first kappa shape index (κ1) is 8.97. The molecule has 1 N–H and O–H groups in total. The molecule has 0 aliphatic heterocycles. The van der Waals surface area contributed by atoms with Crippen LogP contribution in [0.2, 0.25) is 0 Å². The number of thiophene rings is 1. The van der Waals surface area contributed by atoms with Gasteiger partial charge in [0.15, 0.2) is 5.13 Å². The lowest BCUT2D eigenvalue weighted by atomic mass is 10.1. The van der Waals surface area contributed by atoms with E-state index in [0.29, 0.717) is 10.9 Å². The number of hydrogen-bond donors (Lipinski definition) is 1. The Kier molecular flexibility index (Phi) is 2.10. The molecule has 2 aromatic rings. The Morgan fingerprint density at radius 1 is 1.50 bits per heavy atom. The van der Waals surface area contributed by atoms with Crippen LogP contribution in [-0.4, -0.2) is 5.11 Å². The van der Waals surface area contributed by atoms with Crippen molar-refractivity contribution in [2.24, 2.45) is 0 Å². The van der Waals surface area contributed by atoms with Gasteiger partial charge in [-0.3, -0.25) is 0 Å². The highest BCUT2D eigenvalue weighted by Gasteiger charge is 2.11. The van der Waals surface area contributed by atoms with Gasteiger partial charge in [-0.25, -0.2) is 0 Å². The van der Waals surface area contributed by atoms with E-state index in [9.17, 15) is 9.50 Å². The van der Waals surface area contributed by atoms with Gasteiger partial charge >= 0.3 is 0 Å². The summed E-state index contributed by atoms with van der Waals surface area (Å²) < 4.78 is 14.1. The molecule has 0 radical (unpaired) electrons. The molecule has 0 unspecified atom stereocenters. The van der Waals surface area contributed by atoms with Gasteiger partial charge in [-0.1, -0.05) is 0 Å². The molecule has 70 valence electrons. The average Bonchev–Trinajstić information content (AvgIpc) is 2.45. The zero-order chi connectivity index (χ0) is 10.1. The summed E-state index contributed by atoms with van der Waals surface area (Å²) in [5.41, 5.74) is 0.378. The minimum absolute atomic E-state index is 0.0370. The van der Waals surface area contributed by atoms with Crippen LogP contribution in [0.1, 0.15) is 5.56 Å². The summed E-state index contributed by atoms with van der Waals surface area (Å²) in [5, 5.41) is 18.0. The van der Waals surface area contributed by atoms with E-state index in [1.807, 2.05) is 6.07 Å². The van der Waals surface area contributed by atoms with Gasteiger partial charge < -0.3 is 5.11 Å². The van der Waals surface area contributed by atoms with Gasteiger partial charge in [-0.15, -0.1) is 11.3 Å². The lowest BCUT2D eigenvalue weighted by Gasteiger charge is -1.93. The highest BCUT2D eigenvalue weighted by atomic mass is 32.1. The predicted molar refractivity (Wildman–Crippen MR) is 52.8 cm³/mol. The molecule has 1 aromatic carbocycles. The molecule has 2 rings (SSSR count). The van der Waals surface area contributed by atoms with Gasteiger partial charge in [0, 0.05) is 15.6 Å². The van der Waals surface area contributed by atoms with Crippen LogP contribution in [-0.2, 0) is 6.42 Å². The molecular formula is C10H6FNOS. The number of benzene rings is 1. The van der Waals surface area contributed by atoms with E-state index >= 15 is 0 Å². The highest BCUT2D eigenvalue weighted by molar-refractivity contribution is 7.17. The van der Waals surface area contributed by atoms with Gasteiger partial charge in [0.2, 0.25) is 0 Å². The molecule has 4 heteroatoms. The number of phenols is 1. The van der Waals surface area contributed by atoms with Crippen LogP contribution in [0.25, 0.3) is 10.1 Å². The lowest BCUT2D eigenvalue weighted by Crippen LogP contribution is -1.81. The first-order chi connectivity index (χ1) is 6.72. The maximum absolute atomic E-state index is 13.3. The molecule has 0 spiro atoms. The van der Waals surface area contributed by atoms with Gasteiger partial charge in [0.05, 0.1) is 12.5 Å². The van der Waals surface area contributed by atoms with E-state index in [0.717, 1.165) is 16.0 Å². The third-order valence-corrected chi connectivity index (χ3v) is 2.98. The third kappa shape index (κ3) is 1.32. The molecule has 0 atom stereocenters. The van der Waals surface area contributed by atoms with Crippen molar-refractivity contribution < 1.29 is 9.50 Å². The quantitative estimate of drug-likeness (QED) is 0.781. The number of nitrogens with zero attached hydrogens (tertiary/aromatic N) is 1. The number of nitriles is 1. The minimum atomic E-state index is -0.341. The Balaban J connectivity index is 2.74. The average molecular weight is 207 g/mol. The molecule has 0 aliphatic rings. The van der Waals surface area contributed by atoms with Crippen molar-refractivity contribution in [2.75, 3.05) is 0 Å². The van der Waals surface area contributed by atoms with E-state index in [2.05, 4.69) is 0 Å². The van der Waals surface area contributed by atoms with Crippen LogP contribution < -0.4 is 0 Å². The van der Waals surface area contributed by atoms with Crippen molar-refractivity contribution in [3.05, 3.63) is 28.9 Å². The van der Waals surface area contributed by atoms with E-state index in [1.54, 1.807) is 6.07 Å². The third-order valence-electron chi connectivity index (χ3n) is 1.98. The number of hydrogen-bond acceptors (Lipinski definition) is 3. The Morgan fingerprint density at radius 3 is 3.00 bits per heavy atom. The van der Waals surface area contributed by atoms with Crippen molar-refractivity contribution >= 4 is 21.4 Å². The highest BCUT2D eigenvalue weighted by Crippen LogP contribution is 2.32. The number of halogens is 1. The van der Waals surface area contributed by atoms with Gasteiger partial charge in [-0.2, -0.15) is 9.65 Å². The Bertz CT molecular complexity index is 527. The Labute approximate surface area is 83.8 Å². The van der Waals surface area contributed by atoms with Crippen LogP contribution in [0.4, 0.5) is 4.39 Å². The van der Waals surface area contributed by atoms with Gasteiger partial charge in [0.25, 0.3) is 0 Å². The molecule has 0 saturated heterocycles. The number of phenolic OH excluding ortho intramolecular Hbond substituents is 1. The summed E-state index contributed by atoms with van der Waals surface area (Å²) in [6.07, 6.45) is 0.0370. The monoisotopic (exact) mass is 207 g/mol. The summed E-state index contributed by atoms with van der Waals surface area (Å²) in [6, 6.07) is 6.56. The van der Waals surface area contributed by atoms with Crippen molar-refractivity contribution in [3.63, 3.8) is 0 Å². The second-order valence-corrected chi connectivity index (χ2v) is 3.87. The zero-order valence-electron chi connectivity index (χ0n) is 7.12. The van der Waals surface area contributed by atoms with Crippen molar-refractivity contribution in [3.8, 4) is 11.8 Å². The van der Waals surface area contributed by atoms with Crippen LogP contribution >= 0.6 is 11.3 Å². The largest absolute Gasteiger partial charge is 0.508 e. The molecule has 0 amide bonds. The number of rotatable bonds is 1. The van der Waals surface area contributed by atoms with Crippen LogP contribution in [0.15, 0.2) is 18.2 Å². The van der Waals surface area contributed by atoms with E-state index in [-0.39, 0.29) is 17.3 Å². The SMILES string of the molecule is N#CCc1c(F)sc2ccc(O)cc12. The fraction of sp³-hybridized carbons (Fsp3) is 0.100. The van der Waals surface area contributed by atoms with Crippen molar-refractivity contribution in [2.45, 2.75) is 6.42 Å². The first-order valence-electron chi connectivity index (χ1n) is 3.99. The second kappa shape index (κ2) is 3.28.